The van der Waals surface area contributed by atoms with Crippen molar-refractivity contribution in [1.82, 2.24) is 5.43 Å². The Morgan fingerprint density at radius 1 is 1.50 bits per heavy atom. The van der Waals surface area contributed by atoms with Crippen LogP contribution in [0.5, 0.6) is 5.75 Å². The van der Waals surface area contributed by atoms with Crippen LogP contribution >= 0.6 is 11.6 Å². The van der Waals surface area contributed by atoms with E-state index < -0.39 is 0 Å². The van der Waals surface area contributed by atoms with E-state index in [1.165, 1.54) is 5.57 Å². The van der Waals surface area contributed by atoms with Crippen LogP contribution in [0.3, 0.4) is 0 Å². The number of allylic oxidation sites excluding steroid dienone is 2. The highest BCUT2D eigenvalue weighted by Crippen LogP contribution is 2.22. The summed E-state index contributed by atoms with van der Waals surface area (Å²) in [6, 6.07) is 5.29. The molecule has 22 heavy (non-hydrogen) atoms. The topological polar surface area (TPSA) is 50.7 Å². The number of hydrogen-bond donors (Lipinski definition) is 1. The Balaban J connectivity index is 1.72. The number of nitrogens with zero attached hydrogens (tertiary/aromatic N) is 1. The maximum Gasteiger partial charge on any atom is 0.277 e. The first kappa shape index (κ1) is 16.6. The van der Waals surface area contributed by atoms with E-state index in [9.17, 15) is 4.79 Å². The second kappa shape index (κ2) is 7.99. The van der Waals surface area contributed by atoms with Crippen LogP contribution < -0.4 is 10.2 Å². The van der Waals surface area contributed by atoms with E-state index in [1.807, 2.05) is 13.1 Å². The van der Waals surface area contributed by atoms with E-state index in [0.29, 0.717) is 16.7 Å². The lowest BCUT2D eigenvalue weighted by Crippen LogP contribution is -2.25. The molecule has 0 unspecified atom stereocenters. The van der Waals surface area contributed by atoms with Crippen molar-refractivity contribution in [3.05, 3.63) is 40.4 Å². The minimum Gasteiger partial charge on any atom is -0.484 e. The van der Waals surface area contributed by atoms with Gasteiger partial charge in [0, 0.05) is 11.2 Å². The molecule has 1 aliphatic rings. The van der Waals surface area contributed by atoms with Crippen LogP contribution in [0.1, 0.15) is 31.7 Å². The first-order valence-corrected chi connectivity index (χ1v) is 7.79. The molecule has 4 nitrogen and oxygen atoms in total. The van der Waals surface area contributed by atoms with Crippen LogP contribution in [-0.4, -0.2) is 18.7 Å². The lowest BCUT2D eigenvalue weighted by molar-refractivity contribution is -0.123. The largest absolute Gasteiger partial charge is 0.484 e. The molecule has 118 valence electrons. The number of amides is 1. The van der Waals surface area contributed by atoms with Crippen LogP contribution in [0.2, 0.25) is 5.02 Å². The Morgan fingerprint density at radius 3 is 3.00 bits per heavy atom. The summed E-state index contributed by atoms with van der Waals surface area (Å²) in [4.78, 5) is 11.7. The van der Waals surface area contributed by atoms with Crippen LogP contribution in [0.25, 0.3) is 0 Å². The molecule has 1 atom stereocenters. The summed E-state index contributed by atoms with van der Waals surface area (Å²) < 4.78 is 5.41. The first-order chi connectivity index (χ1) is 10.5. The maximum absolute atomic E-state index is 11.7. The molecular weight excluding hydrogens is 300 g/mol. The fourth-order valence-corrected chi connectivity index (χ4v) is 2.34. The van der Waals surface area contributed by atoms with Crippen molar-refractivity contribution in [3.8, 4) is 5.75 Å². The average molecular weight is 321 g/mol. The lowest BCUT2D eigenvalue weighted by atomic mass is 9.91. The summed E-state index contributed by atoms with van der Waals surface area (Å²) in [6.07, 6.45) is 7.22. The van der Waals surface area contributed by atoms with E-state index in [2.05, 4.69) is 23.5 Å². The van der Waals surface area contributed by atoms with Gasteiger partial charge in [0.15, 0.2) is 6.61 Å². The molecule has 0 saturated heterocycles. The van der Waals surface area contributed by atoms with Crippen molar-refractivity contribution >= 4 is 23.7 Å². The van der Waals surface area contributed by atoms with Gasteiger partial charge in [-0.15, -0.1) is 0 Å². The molecule has 0 saturated carbocycles. The van der Waals surface area contributed by atoms with Gasteiger partial charge in [-0.25, -0.2) is 5.43 Å². The Morgan fingerprint density at radius 2 is 2.32 bits per heavy atom. The molecule has 2 rings (SSSR count). The molecule has 0 fully saturated rings. The van der Waals surface area contributed by atoms with E-state index >= 15 is 0 Å². The SMILES string of the molecule is CC1=CC[C@@H](/C=N\NC(=O)COc2ccc(Cl)c(C)c2)CC1. The van der Waals surface area contributed by atoms with Crippen molar-refractivity contribution < 1.29 is 9.53 Å². The fourth-order valence-electron chi connectivity index (χ4n) is 2.22. The van der Waals surface area contributed by atoms with Gasteiger partial charge < -0.3 is 4.74 Å². The Labute approximate surface area is 136 Å². The van der Waals surface area contributed by atoms with Gasteiger partial charge in [0.2, 0.25) is 0 Å². The van der Waals surface area contributed by atoms with Crippen molar-refractivity contribution in [2.45, 2.75) is 33.1 Å². The third kappa shape index (κ3) is 5.19. The number of carbonyl (C=O) groups excluding carboxylic acids is 1. The highest BCUT2D eigenvalue weighted by Gasteiger charge is 2.10. The van der Waals surface area contributed by atoms with Crippen LogP contribution in [0, 0.1) is 12.8 Å². The molecule has 0 bridgehead atoms. The highest BCUT2D eigenvalue weighted by atomic mass is 35.5. The normalized spacial score (nSPS) is 18.1. The van der Waals surface area contributed by atoms with Crippen molar-refractivity contribution in [2.24, 2.45) is 11.0 Å². The quantitative estimate of drug-likeness (QED) is 0.508. The van der Waals surface area contributed by atoms with Gasteiger partial charge in [-0.1, -0.05) is 23.3 Å². The number of nitrogens with one attached hydrogen (secondary N) is 1. The zero-order chi connectivity index (χ0) is 15.9. The lowest BCUT2D eigenvalue weighted by Gasteiger charge is -2.15. The molecule has 1 N–H and O–H groups in total. The van der Waals surface area contributed by atoms with Crippen LogP contribution in [0.4, 0.5) is 0 Å². The number of hydrazone groups is 1. The summed E-state index contributed by atoms with van der Waals surface area (Å²) in [5.41, 5.74) is 4.84. The molecule has 1 aliphatic carbocycles. The molecule has 5 heteroatoms. The number of halogens is 1. The number of hydrogen-bond acceptors (Lipinski definition) is 3. The monoisotopic (exact) mass is 320 g/mol. The smallest absolute Gasteiger partial charge is 0.277 e. The number of benzene rings is 1. The van der Waals surface area contributed by atoms with Gasteiger partial charge >= 0.3 is 0 Å². The standard InChI is InChI=1S/C17H21ClN2O2/c1-12-3-5-14(6-4-12)10-19-20-17(21)11-22-15-7-8-16(18)13(2)9-15/h3,7-10,14H,4-6,11H2,1-2H3,(H,20,21)/b19-10-/t14-/m1/s1. The van der Waals surface area contributed by atoms with E-state index in [4.69, 9.17) is 16.3 Å². The summed E-state index contributed by atoms with van der Waals surface area (Å²) >= 11 is 5.94. The summed E-state index contributed by atoms with van der Waals surface area (Å²) in [5, 5.41) is 4.69. The molecule has 0 radical (unpaired) electrons. The molecule has 1 amide bonds. The average Bonchev–Trinajstić information content (AvgIpc) is 2.50. The van der Waals surface area contributed by atoms with Gasteiger partial charge in [0.05, 0.1) is 0 Å². The van der Waals surface area contributed by atoms with Crippen LogP contribution in [-0.2, 0) is 4.79 Å². The van der Waals surface area contributed by atoms with Gasteiger partial charge in [-0.3, -0.25) is 4.79 Å². The van der Waals surface area contributed by atoms with E-state index in [-0.39, 0.29) is 12.5 Å². The molecular formula is C17H21ClN2O2. The Bertz CT molecular complexity index is 596. The summed E-state index contributed by atoms with van der Waals surface area (Å²) in [5.74, 6) is 0.754. The summed E-state index contributed by atoms with van der Waals surface area (Å²) in [7, 11) is 0. The minimum absolute atomic E-state index is 0.0674. The highest BCUT2D eigenvalue weighted by molar-refractivity contribution is 6.31. The van der Waals surface area contributed by atoms with E-state index in [1.54, 1.807) is 18.2 Å². The predicted octanol–water partition coefficient (Wildman–Crippen LogP) is 3.88. The zero-order valence-corrected chi connectivity index (χ0v) is 13.7. The Kier molecular flexibility index (Phi) is 6.01. The number of aryl methyl sites for hydroxylation is 1. The Hall–Kier alpha value is -1.81. The predicted molar refractivity (Wildman–Crippen MR) is 89.4 cm³/mol. The molecule has 1 aromatic carbocycles. The molecule has 0 aliphatic heterocycles. The fraction of sp³-hybridized carbons (Fsp3) is 0.412. The second-order valence-corrected chi connectivity index (χ2v) is 6.00. The van der Waals surface area contributed by atoms with E-state index in [0.717, 1.165) is 24.8 Å². The maximum atomic E-state index is 11.7. The third-order valence-corrected chi connectivity index (χ3v) is 4.08. The van der Waals surface area contributed by atoms with Crippen molar-refractivity contribution in [1.29, 1.82) is 0 Å². The van der Waals surface area contributed by atoms with Gasteiger partial charge in [-0.2, -0.15) is 5.10 Å². The number of carbonyl (C=O) groups is 1. The van der Waals surface area contributed by atoms with Gasteiger partial charge in [0.25, 0.3) is 5.91 Å². The molecule has 0 heterocycles. The molecule has 1 aromatic rings. The number of rotatable bonds is 5. The van der Waals surface area contributed by atoms with Gasteiger partial charge in [-0.05, 0) is 62.8 Å². The zero-order valence-electron chi connectivity index (χ0n) is 12.9. The van der Waals surface area contributed by atoms with Gasteiger partial charge in [0.1, 0.15) is 5.75 Å². The number of ether oxygens (including phenoxy) is 1. The van der Waals surface area contributed by atoms with Crippen molar-refractivity contribution in [3.63, 3.8) is 0 Å². The third-order valence-electron chi connectivity index (χ3n) is 3.65. The van der Waals surface area contributed by atoms with Crippen molar-refractivity contribution in [2.75, 3.05) is 6.61 Å². The van der Waals surface area contributed by atoms with Crippen LogP contribution in [0.15, 0.2) is 34.9 Å². The molecule has 0 spiro atoms. The second-order valence-electron chi connectivity index (χ2n) is 5.60. The molecule has 0 aromatic heterocycles. The minimum atomic E-state index is -0.272. The first-order valence-electron chi connectivity index (χ1n) is 7.41. The summed E-state index contributed by atoms with van der Waals surface area (Å²) in [6.45, 7) is 3.97.